The Hall–Kier alpha value is -1.83. The summed E-state index contributed by atoms with van der Waals surface area (Å²) in [5.74, 6) is 0.00967. The minimum Gasteiger partial charge on any atom is -0.378 e. The summed E-state index contributed by atoms with van der Waals surface area (Å²) < 4.78 is 1.96. The molecule has 4 rings (SSSR count). The summed E-state index contributed by atoms with van der Waals surface area (Å²) in [5.41, 5.74) is 3.75. The first-order valence-corrected chi connectivity index (χ1v) is 10.3. The maximum atomic E-state index is 13.4. The zero-order valence-electron chi connectivity index (χ0n) is 17.9. The first kappa shape index (κ1) is 24.4. The van der Waals surface area contributed by atoms with E-state index in [1.54, 1.807) is 0 Å². The molecular weight excluding hydrogens is 423 g/mol. The van der Waals surface area contributed by atoms with Crippen LogP contribution in [0.3, 0.4) is 0 Å². The number of piperidine rings is 1. The normalized spacial score (nSPS) is 19.2. The first-order chi connectivity index (χ1) is 13.6. The quantitative estimate of drug-likeness (QED) is 0.766. The van der Waals surface area contributed by atoms with E-state index in [1.807, 2.05) is 30.6 Å². The monoisotopic (exact) mass is 454 g/mol. The fourth-order valence-corrected chi connectivity index (χ4v) is 4.44. The van der Waals surface area contributed by atoms with Crippen LogP contribution < -0.4 is 10.2 Å². The second kappa shape index (κ2) is 10.5. The summed E-state index contributed by atoms with van der Waals surface area (Å²) in [7, 11) is 4.08. The van der Waals surface area contributed by atoms with Crippen molar-refractivity contribution in [3.8, 4) is 0 Å². The Morgan fingerprint density at radius 1 is 1.17 bits per heavy atom. The van der Waals surface area contributed by atoms with E-state index in [-0.39, 0.29) is 36.8 Å². The standard InChI is InChI=1S/C21H30N6O.2ClH/c1-15-20(23-24-27(15)17-9-11-22-12-10-17)21(28)26-13-5-8-19(26)16-6-4-7-18(14-16)25(2)3;;/h4,6-7,14,17,19,22H,5,8-13H2,1-3H3;2*1H. The molecule has 1 aromatic carbocycles. The smallest absolute Gasteiger partial charge is 0.276 e. The molecule has 1 N–H and O–H groups in total. The van der Waals surface area contributed by atoms with Gasteiger partial charge in [-0.3, -0.25) is 4.79 Å². The summed E-state index contributed by atoms with van der Waals surface area (Å²) >= 11 is 0. The third-order valence-corrected chi connectivity index (χ3v) is 6.07. The summed E-state index contributed by atoms with van der Waals surface area (Å²) in [4.78, 5) is 17.4. The number of hydrogen-bond acceptors (Lipinski definition) is 5. The van der Waals surface area contributed by atoms with E-state index in [2.05, 4.69) is 44.8 Å². The third-order valence-electron chi connectivity index (χ3n) is 6.07. The van der Waals surface area contributed by atoms with Crippen LogP contribution >= 0.6 is 24.8 Å². The van der Waals surface area contributed by atoms with Crippen LogP contribution in [0.5, 0.6) is 0 Å². The molecule has 0 aliphatic carbocycles. The Kier molecular flexibility index (Phi) is 8.52. The number of anilines is 1. The molecule has 1 atom stereocenters. The largest absolute Gasteiger partial charge is 0.378 e. The van der Waals surface area contributed by atoms with Gasteiger partial charge in [0.25, 0.3) is 5.91 Å². The van der Waals surface area contributed by atoms with Gasteiger partial charge in [0.1, 0.15) is 0 Å². The zero-order chi connectivity index (χ0) is 19.7. The second-order valence-corrected chi connectivity index (χ2v) is 8.10. The molecule has 2 aromatic rings. The van der Waals surface area contributed by atoms with Gasteiger partial charge in [0, 0.05) is 26.3 Å². The van der Waals surface area contributed by atoms with Crippen molar-refractivity contribution in [2.75, 3.05) is 38.6 Å². The summed E-state index contributed by atoms with van der Waals surface area (Å²) in [6.07, 6.45) is 4.07. The van der Waals surface area contributed by atoms with Crippen LogP contribution in [-0.4, -0.2) is 59.5 Å². The minimum absolute atomic E-state index is 0. The van der Waals surface area contributed by atoms with Gasteiger partial charge in [0.15, 0.2) is 5.69 Å². The zero-order valence-corrected chi connectivity index (χ0v) is 19.5. The van der Waals surface area contributed by atoms with E-state index < -0.39 is 0 Å². The van der Waals surface area contributed by atoms with Crippen LogP contribution in [0.25, 0.3) is 0 Å². The van der Waals surface area contributed by atoms with Crippen molar-refractivity contribution in [2.24, 2.45) is 0 Å². The lowest BCUT2D eigenvalue weighted by molar-refractivity contribution is 0.0728. The van der Waals surface area contributed by atoms with E-state index in [1.165, 1.54) is 5.56 Å². The highest BCUT2D eigenvalue weighted by atomic mass is 35.5. The topological polar surface area (TPSA) is 66.3 Å². The Morgan fingerprint density at radius 2 is 1.90 bits per heavy atom. The second-order valence-electron chi connectivity index (χ2n) is 8.10. The molecule has 0 saturated carbocycles. The van der Waals surface area contributed by atoms with Gasteiger partial charge in [-0.1, -0.05) is 17.3 Å². The number of hydrogen-bond donors (Lipinski definition) is 1. The van der Waals surface area contributed by atoms with Crippen LogP contribution in [-0.2, 0) is 0 Å². The highest BCUT2D eigenvalue weighted by molar-refractivity contribution is 5.93. The van der Waals surface area contributed by atoms with Gasteiger partial charge in [-0.15, -0.1) is 29.9 Å². The Morgan fingerprint density at radius 3 is 2.60 bits per heavy atom. The van der Waals surface area contributed by atoms with Crippen LogP contribution in [0, 0.1) is 6.92 Å². The van der Waals surface area contributed by atoms with Gasteiger partial charge in [0.2, 0.25) is 0 Å². The molecule has 3 heterocycles. The van der Waals surface area contributed by atoms with E-state index in [0.717, 1.165) is 56.7 Å². The van der Waals surface area contributed by atoms with Gasteiger partial charge in [-0.25, -0.2) is 4.68 Å². The van der Waals surface area contributed by atoms with E-state index in [9.17, 15) is 4.79 Å². The van der Waals surface area contributed by atoms with Crippen molar-refractivity contribution >= 4 is 36.4 Å². The molecule has 0 spiro atoms. The third kappa shape index (κ3) is 4.74. The van der Waals surface area contributed by atoms with Crippen molar-refractivity contribution in [1.82, 2.24) is 25.2 Å². The lowest BCUT2D eigenvalue weighted by Gasteiger charge is -2.26. The molecule has 1 amide bonds. The van der Waals surface area contributed by atoms with Gasteiger partial charge < -0.3 is 15.1 Å². The van der Waals surface area contributed by atoms with Crippen LogP contribution in [0.15, 0.2) is 24.3 Å². The van der Waals surface area contributed by atoms with Crippen molar-refractivity contribution in [2.45, 2.75) is 44.7 Å². The Labute approximate surface area is 191 Å². The average Bonchev–Trinajstić information content (AvgIpc) is 3.35. The molecule has 2 aliphatic heterocycles. The van der Waals surface area contributed by atoms with Crippen molar-refractivity contribution < 1.29 is 4.79 Å². The highest BCUT2D eigenvalue weighted by Crippen LogP contribution is 2.35. The lowest BCUT2D eigenvalue weighted by Crippen LogP contribution is -2.32. The lowest BCUT2D eigenvalue weighted by atomic mass is 10.0. The van der Waals surface area contributed by atoms with Gasteiger partial charge in [-0.05, 0) is 63.4 Å². The molecule has 2 aliphatic rings. The van der Waals surface area contributed by atoms with E-state index in [0.29, 0.717) is 11.7 Å². The number of benzene rings is 1. The maximum Gasteiger partial charge on any atom is 0.276 e. The fourth-order valence-electron chi connectivity index (χ4n) is 4.44. The number of nitrogens with one attached hydrogen (secondary N) is 1. The van der Waals surface area contributed by atoms with Crippen molar-refractivity contribution in [3.05, 3.63) is 41.2 Å². The Balaban J connectivity index is 0.00000160. The number of carbonyl (C=O) groups is 1. The number of likely N-dealkylation sites (tertiary alicyclic amines) is 1. The van der Waals surface area contributed by atoms with E-state index >= 15 is 0 Å². The highest BCUT2D eigenvalue weighted by Gasteiger charge is 2.34. The SMILES string of the molecule is Cc1c(C(=O)N2CCCC2c2cccc(N(C)C)c2)nnn1C1CCNCC1.Cl.Cl. The predicted octanol–water partition coefficient (Wildman–Crippen LogP) is 3.40. The first-order valence-electron chi connectivity index (χ1n) is 10.3. The van der Waals surface area contributed by atoms with Crippen LogP contribution in [0.2, 0.25) is 0 Å². The van der Waals surface area contributed by atoms with Crippen molar-refractivity contribution in [1.29, 1.82) is 0 Å². The van der Waals surface area contributed by atoms with Crippen LogP contribution in [0.1, 0.15) is 59.5 Å². The molecule has 30 heavy (non-hydrogen) atoms. The molecular formula is C21H32Cl2N6O. The number of rotatable bonds is 4. The molecule has 9 heteroatoms. The van der Waals surface area contributed by atoms with Crippen LogP contribution in [0.4, 0.5) is 5.69 Å². The minimum atomic E-state index is 0. The summed E-state index contributed by atoms with van der Waals surface area (Å²) in [5, 5.41) is 12.0. The number of nitrogens with zero attached hydrogens (tertiary/aromatic N) is 5. The summed E-state index contributed by atoms with van der Waals surface area (Å²) in [6.45, 7) is 4.73. The number of carbonyl (C=O) groups excluding carboxylic acids is 1. The molecule has 7 nitrogen and oxygen atoms in total. The molecule has 0 radical (unpaired) electrons. The van der Waals surface area contributed by atoms with Gasteiger partial charge >= 0.3 is 0 Å². The van der Waals surface area contributed by atoms with Crippen molar-refractivity contribution in [3.63, 3.8) is 0 Å². The number of amides is 1. The Bertz CT molecular complexity index is 850. The van der Waals surface area contributed by atoms with Gasteiger partial charge in [0.05, 0.1) is 17.8 Å². The average molecular weight is 455 g/mol. The summed E-state index contributed by atoms with van der Waals surface area (Å²) in [6, 6.07) is 8.93. The fraction of sp³-hybridized carbons (Fsp3) is 0.571. The molecule has 2 fully saturated rings. The molecule has 2 saturated heterocycles. The molecule has 1 unspecified atom stereocenters. The van der Waals surface area contributed by atoms with E-state index in [4.69, 9.17) is 0 Å². The number of halogens is 2. The molecule has 166 valence electrons. The molecule has 1 aromatic heterocycles. The predicted molar refractivity (Wildman–Crippen MR) is 124 cm³/mol. The molecule has 0 bridgehead atoms. The maximum absolute atomic E-state index is 13.4. The number of aromatic nitrogens is 3. The van der Waals surface area contributed by atoms with Gasteiger partial charge in [-0.2, -0.15) is 0 Å².